The highest BCUT2D eigenvalue weighted by molar-refractivity contribution is 6.32. The molecular weight excluding hydrogens is 321 g/mol. The Morgan fingerprint density at radius 2 is 2.35 bits per heavy atom. The Morgan fingerprint density at radius 1 is 1.52 bits per heavy atom. The van der Waals surface area contributed by atoms with E-state index in [4.69, 9.17) is 22.1 Å². The molecule has 1 aromatic carbocycles. The second-order valence-electron chi connectivity index (χ2n) is 5.64. The van der Waals surface area contributed by atoms with Gasteiger partial charge in [0.1, 0.15) is 18.2 Å². The molecule has 7 heteroatoms. The minimum absolute atomic E-state index is 0.00436. The summed E-state index contributed by atoms with van der Waals surface area (Å²) in [5.41, 5.74) is 5.40. The standard InChI is InChI=1S/C16H23ClFN3O2/c17-14-10-13(18)3-4-15(14)23-9-8-21-7-1-2-12(11-21)16(22)20-6-5-19/h3-4,10,12H,1-2,5-9,11,19H2,(H,20,22). The van der Waals surface area contributed by atoms with E-state index >= 15 is 0 Å². The van der Waals surface area contributed by atoms with E-state index in [1.165, 1.54) is 18.2 Å². The largest absolute Gasteiger partial charge is 0.491 e. The average Bonchev–Trinajstić information content (AvgIpc) is 2.55. The molecule has 1 saturated heterocycles. The highest BCUT2D eigenvalue weighted by Gasteiger charge is 2.25. The smallest absolute Gasteiger partial charge is 0.224 e. The number of hydrogen-bond acceptors (Lipinski definition) is 4. The Hall–Kier alpha value is -1.37. The molecule has 1 unspecified atom stereocenters. The number of amides is 1. The number of hydrogen-bond donors (Lipinski definition) is 2. The molecule has 0 radical (unpaired) electrons. The normalized spacial score (nSPS) is 18.7. The van der Waals surface area contributed by atoms with E-state index in [-0.39, 0.29) is 22.7 Å². The van der Waals surface area contributed by atoms with Crippen LogP contribution in [0.5, 0.6) is 5.75 Å². The highest BCUT2D eigenvalue weighted by Crippen LogP contribution is 2.25. The Labute approximate surface area is 140 Å². The summed E-state index contributed by atoms with van der Waals surface area (Å²) < 4.78 is 18.6. The quantitative estimate of drug-likeness (QED) is 0.790. The number of benzene rings is 1. The second kappa shape index (κ2) is 9.05. The van der Waals surface area contributed by atoms with Crippen molar-refractivity contribution >= 4 is 17.5 Å². The molecule has 1 atom stereocenters. The molecule has 1 heterocycles. The molecule has 128 valence electrons. The molecule has 0 aromatic heterocycles. The van der Waals surface area contributed by atoms with Gasteiger partial charge in [-0.2, -0.15) is 0 Å². The SMILES string of the molecule is NCCNC(=O)C1CCCN(CCOc2ccc(F)cc2Cl)C1. The van der Waals surface area contributed by atoms with E-state index in [0.29, 0.717) is 32.0 Å². The molecule has 1 amide bonds. The minimum atomic E-state index is -0.385. The third-order valence-corrected chi connectivity index (χ3v) is 4.17. The summed E-state index contributed by atoms with van der Waals surface area (Å²) in [4.78, 5) is 14.2. The van der Waals surface area contributed by atoms with Crippen LogP contribution in [0, 0.1) is 11.7 Å². The molecule has 1 fully saturated rings. The summed E-state index contributed by atoms with van der Waals surface area (Å²) in [6, 6.07) is 4.08. The van der Waals surface area contributed by atoms with E-state index in [1.807, 2.05) is 0 Å². The van der Waals surface area contributed by atoms with Gasteiger partial charge in [-0.15, -0.1) is 0 Å². The number of likely N-dealkylation sites (tertiary alicyclic amines) is 1. The van der Waals surface area contributed by atoms with Crippen LogP contribution < -0.4 is 15.8 Å². The van der Waals surface area contributed by atoms with Crippen LogP contribution in [0.25, 0.3) is 0 Å². The summed E-state index contributed by atoms with van der Waals surface area (Å²) in [6.45, 7) is 3.78. The lowest BCUT2D eigenvalue weighted by Gasteiger charge is -2.31. The number of nitrogens with one attached hydrogen (secondary N) is 1. The molecule has 23 heavy (non-hydrogen) atoms. The Kier molecular flexibility index (Phi) is 7.08. The third kappa shape index (κ3) is 5.64. The Morgan fingerprint density at radius 3 is 3.09 bits per heavy atom. The topological polar surface area (TPSA) is 67.6 Å². The summed E-state index contributed by atoms with van der Waals surface area (Å²) in [6.07, 6.45) is 1.88. The fraction of sp³-hybridized carbons (Fsp3) is 0.562. The molecule has 0 aliphatic carbocycles. The zero-order valence-corrected chi connectivity index (χ0v) is 13.8. The van der Waals surface area contributed by atoms with Crippen LogP contribution in [-0.2, 0) is 4.79 Å². The number of rotatable bonds is 7. The second-order valence-corrected chi connectivity index (χ2v) is 6.05. The lowest BCUT2D eigenvalue weighted by atomic mass is 9.97. The zero-order chi connectivity index (χ0) is 16.7. The lowest BCUT2D eigenvalue weighted by Crippen LogP contribution is -2.45. The molecule has 0 saturated carbocycles. The van der Waals surface area contributed by atoms with E-state index in [0.717, 1.165) is 25.9 Å². The van der Waals surface area contributed by atoms with Crippen molar-refractivity contribution in [2.24, 2.45) is 11.7 Å². The maximum atomic E-state index is 13.0. The number of nitrogens with zero attached hydrogens (tertiary/aromatic N) is 1. The van der Waals surface area contributed by atoms with Gasteiger partial charge in [0.2, 0.25) is 5.91 Å². The van der Waals surface area contributed by atoms with Gasteiger partial charge in [-0.1, -0.05) is 11.6 Å². The predicted octanol–water partition coefficient (Wildman–Crippen LogP) is 1.64. The van der Waals surface area contributed by atoms with Crippen molar-refractivity contribution in [3.63, 3.8) is 0 Å². The lowest BCUT2D eigenvalue weighted by molar-refractivity contribution is -0.126. The number of carbonyl (C=O) groups excluding carboxylic acids is 1. The predicted molar refractivity (Wildman–Crippen MR) is 88.1 cm³/mol. The third-order valence-electron chi connectivity index (χ3n) is 3.88. The van der Waals surface area contributed by atoms with Gasteiger partial charge in [0, 0.05) is 26.2 Å². The van der Waals surface area contributed by atoms with E-state index in [2.05, 4.69) is 10.2 Å². The maximum Gasteiger partial charge on any atom is 0.224 e. The van der Waals surface area contributed by atoms with Crippen LogP contribution in [0.15, 0.2) is 18.2 Å². The molecule has 5 nitrogen and oxygen atoms in total. The summed E-state index contributed by atoms with van der Waals surface area (Å²) in [5, 5.41) is 3.11. The molecule has 1 aliphatic rings. The van der Waals surface area contributed by atoms with E-state index in [1.54, 1.807) is 0 Å². The van der Waals surface area contributed by atoms with Crippen LogP contribution in [0.2, 0.25) is 5.02 Å². The Bertz CT molecular complexity index is 530. The molecular formula is C16H23ClFN3O2. The van der Waals surface area contributed by atoms with Crippen molar-refractivity contribution in [3.8, 4) is 5.75 Å². The first-order valence-electron chi connectivity index (χ1n) is 7.88. The van der Waals surface area contributed by atoms with Gasteiger partial charge in [-0.3, -0.25) is 9.69 Å². The van der Waals surface area contributed by atoms with Crippen LogP contribution in [0.1, 0.15) is 12.8 Å². The van der Waals surface area contributed by atoms with Crippen LogP contribution in [0.3, 0.4) is 0 Å². The molecule has 3 N–H and O–H groups in total. The summed E-state index contributed by atoms with van der Waals surface area (Å²) >= 11 is 5.92. The van der Waals surface area contributed by atoms with Crippen molar-refractivity contribution in [1.29, 1.82) is 0 Å². The van der Waals surface area contributed by atoms with Gasteiger partial charge in [-0.05, 0) is 37.6 Å². The van der Waals surface area contributed by atoms with Gasteiger partial charge >= 0.3 is 0 Å². The first kappa shape index (κ1) is 18.0. The fourth-order valence-electron chi connectivity index (χ4n) is 2.69. The molecule has 1 aromatic rings. The number of carbonyl (C=O) groups is 1. The molecule has 0 spiro atoms. The van der Waals surface area contributed by atoms with Crippen molar-refractivity contribution in [1.82, 2.24) is 10.2 Å². The molecule has 0 bridgehead atoms. The number of nitrogens with two attached hydrogens (primary N) is 1. The van der Waals surface area contributed by atoms with Gasteiger partial charge in [0.05, 0.1) is 10.9 Å². The minimum Gasteiger partial charge on any atom is -0.491 e. The summed E-state index contributed by atoms with van der Waals surface area (Å²) in [7, 11) is 0. The first-order chi connectivity index (χ1) is 11.1. The monoisotopic (exact) mass is 343 g/mol. The van der Waals surface area contributed by atoms with Crippen molar-refractivity contribution < 1.29 is 13.9 Å². The van der Waals surface area contributed by atoms with Crippen molar-refractivity contribution in [3.05, 3.63) is 29.0 Å². The van der Waals surface area contributed by atoms with Crippen LogP contribution in [-0.4, -0.2) is 50.1 Å². The van der Waals surface area contributed by atoms with E-state index < -0.39 is 0 Å². The van der Waals surface area contributed by atoms with Crippen LogP contribution >= 0.6 is 11.6 Å². The van der Waals surface area contributed by atoms with Crippen molar-refractivity contribution in [2.45, 2.75) is 12.8 Å². The van der Waals surface area contributed by atoms with Gasteiger partial charge < -0.3 is 15.8 Å². The molecule has 1 aliphatic heterocycles. The Balaban J connectivity index is 1.76. The maximum absolute atomic E-state index is 13.0. The van der Waals surface area contributed by atoms with Crippen LogP contribution in [0.4, 0.5) is 4.39 Å². The van der Waals surface area contributed by atoms with E-state index in [9.17, 15) is 9.18 Å². The van der Waals surface area contributed by atoms with Gasteiger partial charge in [-0.25, -0.2) is 4.39 Å². The molecule has 2 rings (SSSR count). The number of piperidine rings is 1. The van der Waals surface area contributed by atoms with Gasteiger partial charge in [0.15, 0.2) is 0 Å². The fourth-order valence-corrected chi connectivity index (χ4v) is 2.91. The average molecular weight is 344 g/mol. The number of ether oxygens (including phenoxy) is 1. The summed E-state index contributed by atoms with van der Waals surface area (Å²) in [5.74, 6) is 0.166. The van der Waals surface area contributed by atoms with Gasteiger partial charge in [0.25, 0.3) is 0 Å². The zero-order valence-electron chi connectivity index (χ0n) is 13.1. The first-order valence-corrected chi connectivity index (χ1v) is 8.26. The van der Waals surface area contributed by atoms with Crippen molar-refractivity contribution in [2.75, 3.05) is 39.3 Å². The number of halogens is 2. The highest BCUT2D eigenvalue weighted by atomic mass is 35.5.